The van der Waals surface area contributed by atoms with Crippen molar-refractivity contribution in [3.63, 3.8) is 0 Å². The molecule has 0 aromatic carbocycles. The van der Waals surface area contributed by atoms with Crippen molar-refractivity contribution in [2.45, 2.75) is 19.0 Å². The molecule has 4 nitrogen and oxygen atoms in total. The molecule has 5 heteroatoms. The van der Waals surface area contributed by atoms with Crippen molar-refractivity contribution < 1.29 is 4.42 Å². The summed E-state index contributed by atoms with van der Waals surface area (Å²) < 4.78 is 8.30. The Hall–Kier alpha value is -0.820. The maximum Gasteiger partial charge on any atom is 0.129 e. The van der Waals surface area contributed by atoms with E-state index in [0.29, 0.717) is 0 Å². The summed E-state index contributed by atoms with van der Waals surface area (Å²) in [5.41, 5.74) is 5.95. The molecule has 0 fully saturated rings. The largest absolute Gasteiger partial charge is 0.467 e. The highest BCUT2D eigenvalue weighted by Gasteiger charge is 2.21. The molecule has 0 aliphatic heterocycles. The lowest BCUT2D eigenvalue weighted by molar-refractivity contribution is 0.368. The van der Waals surface area contributed by atoms with Crippen molar-refractivity contribution in [1.29, 1.82) is 0 Å². The molecule has 0 saturated carbocycles. The number of hydrogen-bond acceptors (Lipinski definition) is 3. The molecule has 2 N–H and O–H groups in total. The van der Waals surface area contributed by atoms with Gasteiger partial charge in [0.15, 0.2) is 0 Å². The van der Waals surface area contributed by atoms with E-state index in [1.165, 1.54) is 0 Å². The van der Waals surface area contributed by atoms with Crippen LogP contribution in [0, 0.1) is 3.57 Å². The van der Waals surface area contributed by atoms with E-state index in [9.17, 15) is 0 Å². The Morgan fingerprint density at radius 1 is 1.60 bits per heavy atom. The highest BCUT2D eigenvalue weighted by molar-refractivity contribution is 14.1. The summed E-state index contributed by atoms with van der Waals surface area (Å²) in [4.78, 5) is 0. The first-order chi connectivity index (χ1) is 7.18. The molecule has 2 unspecified atom stereocenters. The molecular weight excluding hydrogens is 305 g/mol. The van der Waals surface area contributed by atoms with Gasteiger partial charge in [-0.15, -0.1) is 0 Å². The Balaban J connectivity index is 2.36. The minimum atomic E-state index is -0.0492. The third-order valence-corrected chi connectivity index (χ3v) is 2.74. The van der Waals surface area contributed by atoms with E-state index in [-0.39, 0.29) is 12.1 Å². The second-order valence-electron chi connectivity index (χ2n) is 3.46. The van der Waals surface area contributed by atoms with E-state index < -0.39 is 0 Å². The Bertz CT molecular complexity index is 422. The van der Waals surface area contributed by atoms with Crippen molar-refractivity contribution in [3.05, 3.63) is 40.1 Å². The Morgan fingerprint density at radius 3 is 2.87 bits per heavy atom. The number of halogens is 1. The van der Waals surface area contributed by atoms with Crippen LogP contribution in [0.15, 0.2) is 35.2 Å². The Morgan fingerprint density at radius 2 is 2.40 bits per heavy atom. The highest BCUT2D eigenvalue weighted by atomic mass is 127. The molecule has 0 amide bonds. The van der Waals surface area contributed by atoms with Gasteiger partial charge in [-0.2, -0.15) is 5.10 Å². The molecule has 2 heterocycles. The monoisotopic (exact) mass is 317 g/mol. The number of nitrogens with zero attached hydrogens (tertiary/aromatic N) is 2. The van der Waals surface area contributed by atoms with Gasteiger partial charge in [0.05, 0.1) is 16.0 Å². The summed E-state index contributed by atoms with van der Waals surface area (Å²) in [5.74, 6) is 0.838. The van der Waals surface area contributed by atoms with Crippen molar-refractivity contribution in [2.75, 3.05) is 0 Å². The fraction of sp³-hybridized carbons (Fsp3) is 0.300. The molecule has 15 heavy (non-hydrogen) atoms. The predicted molar refractivity (Wildman–Crippen MR) is 65.4 cm³/mol. The number of nitrogens with two attached hydrogens (primary N) is 1. The van der Waals surface area contributed by atoms with Crippen LogP contribution in [-0.2, 0) is 0 Å². The lowest BCUT2D eigenvalue weighted by Gasteiger charge is -2.18. The van der Waals surface area contributed by atoms with Crippen LogP contribution in [0.5, 0.6) is 0 Å². The number of aromatic nitrogens is 2. The molecule has 2 rings (SSSR count). The van der Waals surface area contributed by atoms with Crippen LogP contribution in [0.4, 0.5) is 0 Å². The second-order valence-corrected chi connectivity index (χ2v) is 4.70. The number of furan rings is 1. The van der Waals surface area contributed by atoms with Gasteiger partial charge in [0.2, 0.25) is 0 Å². The molecule has 0 aliphatic rings. The summed E-state index contributed by atoms with van der Waals surface area (Å²) in [6.45, 7) is 1.95. The van der Waals surface area contributed by atoms with Gasteiger partial charge in [0.25, 0.3) is 0 Å². The van der Waals surface area contributed by atoms with Gasteiger partial charge in [-0.05, 0) is 41.6 Å². The zero-order valence-corrected chi connectivity index (χ0v) is 10.5. The SMILES string of the molecule is CC(N)C(c1ccco1)n1cc(I)cn1. The standard InChI is InChI=1S/C10H12IN3O/c1-7(12)10(9-3-2-4-15-9)14-6-8(11)5-13-14/h2-7,10H,12H2,1H3. The van der Waals surface area contributed by atoms with Crippen molar-refractivity contribution in [1.82, 2.24) is 9.78 Å². The van der Waals surface area contributed by atoms with E-state index >= 15 is 0 Å². The maximum absolute atomic E-state index is 5.95. The van der Waals surface area contributed by atoms with Crippen LogP contribution in [-0.4, -0.2) is 15.8 Å². The third kappa shape index (κ3) is 2.23. The molecule has 80 valence electrons. The average Bonchev–Trinajstić information content (AvgIpc) is 2.77. The van der Waals surface area contributed by atoms with Crippen LogP contribution < -0.4 is 5.73 Å². The van der Waals surface area contributed by atoms with Gasteiger partial charge in [-0.25, -0.2) is 0 Å². The van der Waals surface area contributed by atoms with Gasteiger partial charge in [-0.1, -0.05) is 0 Å². The Kier molecular flexibility index (Phi) is 3.11. The summed E-state index contributed by atoms with van der Waals surface area (Å²) in [5, 5.41) is 4.26. The van der Waals surface area contributed by atoms with Crippen LogP contribution in [0.2, 0.25) is 0 Å². The molecular formula is C10H12IN3O. The highest BCUT2D eigenvalue weighted by Crippen LogP contribution is 2.21. The van der Waals surface area contributed by atoms with Crippen LogP contribution in [0.1, 0.15) is 18.7 Å². The average molecular weight is 317 g/mol. The third-order valence-electron chi connectivity index (χ3n) is 2.19. The van der Waals surface area contributed by atoms with E-state index in [1.54, 1.807) is 12.5 Å². The van der Waals surface area contributed by atoms with E-state index in [4.69, 9.17) is 10.2 Å². The lowest BCUT2D eigenvalue weighted by Crippen LogP contribution is -2.30. The molecule has 0 radical (unpaired) electrons. The normalized spacial score (nSPS) is 15.1. The molecule has 0 aliphatic carbocycles. The number of rotatable bonds is 3. The number of hydrogen-bond donors (Lipinski definition) is 1. The first-order valence-corrected chi connectivity index (χ1v) is 5.75. The molecule has 0 saturated heterocycles. The topological polar surface area (TPSA) is 57.0 Å². The van der Waals surface area contributed by atoms with Gasteiger partial charge in [0, 0.05) is 12.2 Å². The quantitative estimate of drug-likeness (QED) is 0.881. The van der Waals surface area contributed by atoms with Gasteiger partial charge in [0.1, 0.15) is 11.8 Å². The first-order valence-electron chi connectivity index (χ1n) is 4.67. The minimum Gasteiger partial charge on any atom is -0.467 e. The zero-order chi connectivity index (χ0) is 10.8. The molecule has 0 bridgehead atoms. The van der Waals surface area contributed by atoms with E-state index in [1.807, 2.05) is 29.9 Å². The maximum atomic E-state index is 5.95. The van der Waals surface area contributed by atoms with E-state index in [2.05, 4.69) is 27.7 Å². The van der Waals surface area contributed by atoms with E-state index in [0.717, 1.165) is 9.33 Å². The zero-order valence-electron chi connectivity index (χ0n) is 8.30. The van der Waals surface area contributed by atoms with Crippen molar-refractivity contribution in [3.8, 4) is 0 Å². The molecule has 0 spiro atoms. The summed E-state index contributed by atoms with van der Waals surface area (Å²) >= 11 is 2.22. The van der Waals surface area contributed by atoms with Gasteiger partial charge < -0.3 is 10.2 Å². The minimum absolute atomic E-state index is 0.0384. The van der Waals surface area contributed by atoms with Crippen molar-refractivity contribution in [2.24, 2.45) is 5.73 Å². The van der Waals surface area contributed by atoms with Crippen LogP contribution >= 0.6 is 22.6 Å². The lowest BCUT2D eigenvalue weighted by atomic mass is 10.1. The van der Waals surface area contributed by atoms with Gasteiger partial charge >= 0.3 is 0 Å². The summed E-state index contributed by atoms with van der Waals surface area (Å²) in [6, 6.07) is 3.69. The van der Waals surface area contributed by atoms with Crippen LogP contribution in [0.25, 0.3) is 0 Å². The van der Waals surface area contributed by atoms with Gasteiger partial charge in [-0.3, -0.25) is 4.68 Å². The van der Waals surface area contributed by atoms with Crippen LogP contribution in [0.3, 0.4) is 0 Å². The predicted octanol–water partition coefficient (Wildman–Crippen LogP) is 2.02. The molecule has 2 aromatic heterocycles. The first kappa shape index (κ1) is 10.7. The molecule has 2 atom stereocenters. The fourth-order valence-electron chi connectivity index (χ4n) is 1.56. The second kappa shape index (κ2) is 4.36. The Labute approximate surface area is 102 Å². The smallest absolute Gasteiger partial charge is 0.129 e. The summed E-state index contributed by atoms with van der Waals surface area (Å²) in [6.07, 6.45) is 5.41. The molecule has 2 aromatic rings. The summed E-state index contributed by atoms with van der Waals surface area (Å²) in [7, 11) is 0. The fourth-order valence-corrected chi connectivity index (χ4v) is 1.97. The van der Waals surface area contributed by atoms with Crippen molar-refractivity contribution >= 4 is 22.6 Å².